The second kappa shape index (κ2) is 8.80. The zero-order valence-corrected chi connectivity index (χ0v) is 16.6. The van der Waals surface area contributed by atoms with Crippen LogP contribution in [0, 0.1) is 6.92 Å². The molecule has 146 valence electrons. The summed E-state index contributed by atoms with van der Waals surface area (Å²) in [6.07, 6.45) is 0. The number of carbonyl (C=O) groups excluding carboxylic acids is 1. The third kappa shape index (κ3) is 4.12. The zero-order chi connectivity index (χ0) is 20.1. The lowest BCUT2D eigenvalue weighted by Crippen LogP contribution is -3.11. The first-order valence-corrected chi connectivity index (χ1v) is 9.71. The Morgan fingerprint density at radius 1 is 1.07 bits per heavy atom. The van der Waals surface area contributed by atoms with Crippen LogP contribution in [0.3, 0.4) is 0 Å². The number of nitrogens with one attached hydrogen (secondary N) is 1. The summed E-state index contributed by atoms with van der Waals surface area (Å²) in [5.41, 5.74) is 2.78. The summed E-state index contributed by atoms with van der Waals surface area (Å²) >= 11 is 0. The highest BCUT2D eigenvalue weighted by Crippen LogP contribution is 2.38. The number of azo groups is 1. The molecule has 3 aromatic rings. The minimum atomic E-state index is -0.427. The molecule has 2 aromatic carbocycles. The van der Waals surface area contributed by atoms with E-state index >= 15 is 0 Å². The van der Waals surface area contributed by atoms with Crippen LogP contribution in [-0.2, 0) is 6.54 Å². The third-order valence-corrected chi connectivity index (χ3v) is 5.15. The van der Waals surface area contributed by atoms with Gasteiger partial charge in [-0.15, -0.1) is 10.2 Å². The van der Waals surface area contributed by atoms with E-state index in [0.29, 0.717) is 17.8 Å². The van der Waals surface area contributed by atoms with E-state index in [9.17, 15) is 9.90 Å². The van der Waals surface area contributed by atoms with Gasteiger partial charge in [0, 0.05) is 10.9 Å². The summed E-state index contributed by atoms with van der Waals surface area (Å²) in [5.74, 6) is -0.378. The van der Waals surface area contributed by atoms with E-state index in [4.69, 9.17) is 0 Å². The molecular weight excluding hydrogens is 352 g/mol. The number of para-hydroxylation sites is 1. The maximum atomic E-state index is 12.3. The standard InChI is InChI=1S/C22H26N4O2/c1-4-25(5-2)14-15-26-19-9-7-6-8-18(19)20(22(26)28)23-24-21(27)17-12-10-16(3)11-13-17/h6-13,28H,4-5,14-15H2,1-3H3/p+1. The molecule has 0 fully saturated rings. The minimum Gasteiger partial charge on any atom is -0.493 e. The second-order valence-electron chi connectivity index (χ2n) is 6.92. The molecule has 0 aliphatic rings. The fourth-order valence-electron chi connectivity index (χ4n) is 3.32. The van der Waals surface area contributed by atoms with Crippen LogP contribution in [0.2, 0.25) is 0 Å². The van der Waals surface area contributed by atoms with Gasteiger partial charge >= 0.3 is 0 Å². The normalized spacial score (nSPS) is 11.7. The van der Waals surface area contributed by atoms with Gasteiger partial charge in [-0.1, -0.05) is 35.9 Å². The van der Waals surface area contributed by atoms with Crippen molar-refractivity contribution in [1.29, 1.82) is 0 Å². The average Bonchev–Trinajstić information content (AvgIpc) is 2.98. The maximum Gasteiger partial charge on any atom is 0.295 e. The van der Waals surface area contributed by atoms with Crippen LogP contribution >= 0.6 is 0 Å². The molecule has 6 nitrogen and oxygen atoms in total. The molecule has 0 saturated carbocycles. The number of likely N-dealkylation sites (N-methyl/N-ethyl adjacent to an activating group) is 1. The molecule has 6 heteroatoms. The Morgan fingerprint density at radius 2 is 1.75 bits per heavy atom. The zero-order valence-electron chi connectivity index (χ0n) is 16.6. The number of fused-ring (bicyclic) bond motifs is 1. The molecule has 0 spiro atoms. The van der Waals surface area contributed by atoms with Gasteiger partial charge in [0.25, 0.3) is 5.91 Å². The molecule has 1 aromatic heterocycles. The van der Waals surface area contributed by atoms with Crippen LogP contribution < -0.4 is 4.90 Å². The lowest BCUT2D eigenvalue weighted by Gasteiger charge is -2.16. The molecule has 2 N–H and O–H groups in total. The molecule has 1 heterocycles. The predicted octanol–water partition coefficient (Wildman–Crippen LogP) is 3.50. The summed E-state index contributed by atoms with van der Waals surface area (Å²) in [6.45, 7) is 9.92. The molecule has 0 aliphatic carbocycles. The summed E-state index contributed by atoms with van der Waals surface area (Å²) in [5, 5.41) is 19.5. The number of quaternary nitrogens is 1. The first kappa shape index (κ1) is 19.8. The summed E-state index contributed by atoms with van der Waals surface area (Å²) in [6, 6.07) is 14.8. The number of benzene rings is 2. The van der Waals surface area contributed by atoms with Crippen molar-refractivity contribution in [3.8, 4) is 5.88 Å². The highest BCUT2D eigenvalue weighted by atomic mass is 16.3. The molecule has 0 bridgehead atoms. The number of nitrogens with zero attached hydrogens (tertiary/aromatic N) is 3. The van der Waals surface area contributed by atoms with Crippen LogP contribution in [0.25, 0.3) is 10.9 Å². The Balaban J connectivity index is 1.91. The van der Waals surface area contributed by atoms with Crippen molar-refractivity contribution in [2.45, 2.75) is 27.3 Å². The van der Waals surface area contributed by atoms with Gasteiger partial charge in [-0.05, 0) is 39.0 Å². The van der Waals surface area contributed by atoms with Crippen LogP contribution in [0.4, 0.5) is 5.69 Å². The van der Waals surface area contributed by atoms with Gasteiger partial charge in [0.1, 0.15) is 0 Å². The third-order valence-electron chi connectivity index (χ3n) is 5.15. The van der Waals surface area contributed by atoms with Gasteiger partial charge in [-0.2, -0.15) is 0 Å². The molecular formula is C22H27N4O2+. The highest BCUT2D eigenvalue weighted by Gasteiger charge is 2.18. The molecule has 0 radical (unpaired) electrons. The fourth-order valence-corrected chi connectivity index (χ4v) is 3.32. The van der Waals surface area contributed by atoms with Gasteiger partial charge in [0.05, 0.1) is 31.7 Å². The number of aromatic nitrogens is 1. The first-order valence-electron chi connectivity index (χ1n) is 9.71. The Labute approximate surface area is 165 Å². The largest absolute Gasteiger partial charge is 0.493 e. The van der Waals surface area contributed by atoms with Crippen LogP contribution in [-0.4, -0.2) is 35.2 Å². The molecule has 0 aliphatic heterocycles. The van der Waals surface area contributed by atoms with Crippen molar-refractivity contribution in [3.05, 3.63) is 59.7 Å². The number of carbonyl (C=O) groups is 1. The number of hydrogen-bond acceptors (Lipinski definition) is 3. The molecule has 0 saturated heterocycles. The SMILES string of the molecule is CC[NH+](CC)CCn1c(O)c(N=NC(=O)c2ccc(C)cc2)c2ccccc21. The van der Waals surface area contributed by atoms with Crippen molar-refractivity contribution in [3.63, 3.8) is 0 Å². The van der Waals surface area contributed by atoms with E-state index in [1.807, 2.05) is 47.9 Å². The molecule has 28 heavy (non-hydrogen) atoms. The number of aryl methyl sites for hydroxylation is 1. The number of rotatable bonds is 7. The predicted molar refractivity (Wildman–Crippen MR) is 111 cm³/mol. The van der Waals surface area contributed by atoms with E-state index in [-0.39, 0.29) is 5.88 Å². The fraction of sp³-hybridized carbons (Fsp3) is 0.318. The van der Waals surface area contributed by atoms with Gasteiger partial charge < -0.3 is 14.6 Å². The van der Waals surface area contributed by atoms with E-state index in [1.165, 1.54) is 4.90 Å². The van der Waals surface area contributed by atoms with Crippen LogP contribution in [0.15, 0.2) is 58.8 Å². The molecule has 3 rings (SSSR count). The molecule has 0 atom stereocenters. The van der Waals surface area contributed by atoms with E-state index < -0.39 is 5.91 Å². The van der Waals surface area contributed by atoms with Gasteiger partial charge in [-0.3, -0.25) is 4.79 Å². The first-order chi connectivity index (χ1) is 13.5. The van der Waals surface area contributed by atoms with Crippen LogP contribution in [0.5, 0.6) is 5.88 Å². The smallest absolute Gasteiger partial charge is 0.295 e. The van der Waals surface area contributed by atoms with Crippen molar-refractivity contribution in [1.82, 2.24) is 4.57 Å². The van der Waals surface area contributed by atoms with Gasteiger partial charge in [0.2, 0.25) is 5.88 Å². The molecule has 0 unspecified atom stereocenters. The average molecular weight is 379 g/mol. The van der Waals surface area contributed by atoms with Gasteiger partial charge in [0.15, 0.2) is 5.69 Å². The Bertz CT molecular complexity index is 986. The lowest BCUT2D eigenvalue weighted by molar-refractivity contribution is -0.897. The van der Waals surface area contributed by atoms with Crippen molar-refractivity contribution in [2.24, 2.45) is 10.2 Å². The van der Waals surface area contributed by atoms with Crippen molar-refractivity contribution < 1.29 is 14.8 Å². The topological polar surface area (TPSA) is 71.4 Å². The number of hydrogen-bond donors (Lipinski definition) is 2. The Morgan fingerprint density at radius 3 is 2.43 bits per heavy atom. The Hall–Kier alpha value is -2.99. The second-order valence-corrected chi connectivity index (χ2v) is 6.92. The minimum absolute atomic E-state index is 0.0493. The van der Waals surface area contributed by atoms with E-state index in [0.717, 1.165) is 36.1 Å². The van der Waals surface area contributed by atoms with E-state index in [2.05, 4.69) is 24.1 Å². The Kier molecular flexibility index (Phi) is 6.21. The highest BCUT2D eigenvalue weighted by molar-refractivity contribution is 5.97. The quantitative estimate of drug-likeness (QED) is 0.617. The maximum absolute atomic E-state index is 12.3. The van der Waals surface area contributed by atoms with Crippen LogP contribution in [0.1, 0.15) is 29.8 Å². The summed E-state index contributed by atoms with van der Waals surface area (Å²) < 4.78 is 1.85. The number of aromatic hydroxyl groups is 1. The van der Waals surface area contributed by atoms with Crippen molar-refractivity contribution in [2.75, 3.05) is 19.6 Å². The van der Waals surface area contributed by atoms with E-state index in [1.54, 1.807) is 12.1 Å². The lowest BCUT2D eigenvalue weighted by atomic mass is 10.1. The summed E-state index contributed by atoms with van der Waals surface area (Å²) in [4.78, 5) is 13.8. The monoisotopic (exact) mass is 379 g/mol. The molecule has 1 amide bonds. The van der Waals surface area contributed by atoms with Crippen molar-refractivity contribution >= 4 is 22.5 Å². The number of amides is 1. The van der Waals surface area contributed by atoms with Gasteiger partial charge in [-0.25, -0.2) is 0 Å². The summed E-state index contributed by atoms with van der Waals surface area (Å²) in [7, 11) is 0.